The van der Waals surface area contributed by atoms with Crippen LogP contribution in [0.5, 0.6) is 0 Å². The van der Waals surface area contributed by atoms with E-state index in [9.17, 15) is 121 Å². The molecule has 526 valence electrons. The molecule has 6 rings (SSSR count). The maximum absolute atomic E-state index is 13.3. The Bertz CT molecular complexity index is 2400. The van der Waals surface area contributed by atoms with E-state index in [0.717, 1.165) is 20.8 Å². The quantitative estimate of drug-likeness (QED) is 0.0382. The number of rotatable bonds is 26. The van der Waals surface area contributed by atoms with Gasteiger partial charge < -0.3 is 170 Å². The molecule has 0 aromatic rings. The molecule has 6 aliphatic heterocycles. The van der Waals surface area contributed by atoms with Crippen molar-refractivity contribution >= 4 is 29.7 Å². The lowest BCUT2D eigenvalue weighted by molar-refractivity contribution is -0.392. The molecule has 0 saturated carbocycles. The Morgan fingerprint density at radius 1 is 0.505 bits per heavy atom. The first kappa shape index (κ1) is 76.2. The lowest BCUT2D eigenvalue weighted by Gasteiger charge is -2.52. The second-order valence-corrected chi connectivity index (χ2v) is 24.0. The summed E-state index contributed by atoms with van der Waals surface area (Å²) < 4.78 is 70.3. The van der Waals surface area contributed by atoms with Crippen LogP contribution >= 0.6 is 0 Å². The Kier molecular flexibility index (Phi) is 26.7. The van der Waals surface area contributed by atoms with Crippen molar-refractivity contribution in [3.63, 3.8) is 0 Å². The van der Waals surface area contributed by atoms with Gasteiger partial charge in [-0.1, -0.05) is 0 Å². The summed E-state index contributed by atoms with van der Waals surface area (Å²) in [5.41, 5.74) is -0.980. The molecule has 15 unspecified atom stereocenters. The molecule has 39 heteroatoms. The Morgan fingerprint density at radius 3 is 1.48 bits per heavy atom. The molecule has 0 bridgehead atoms. The number of carbonyl (C=O) groups is 5. The summed E-state index contributed by atoms with van der Waals surface area (Å²) >= 11 is 0. The maximum atomic E-state index is 13.3. The third kappa shape index (κ3) is 17.6. The van der Waals surface area contributed by atoms with Gasteiger partial charge in [-0.25, -0.2) is 9.59 Å². The highest BCUT2D eigenvalue weighted by Crippen LogP contribution is 2.41. The van der Waals surface area contributed by atoms with E-state index in [2.05, 4.69) is 16.0 Å². The second kappa shape index (κ2) is 31.8. The fourth-order valence-corrected chi connectivity index (χ4v) is 11.4. The largest absolute Gasteiger partial charge is 0.477 e. The van der Waals surface area contributed by atoms with E-state index in [-0.39, 0.29) is 0 Å². The topological polar surface area (TPSA) is 617 Å². The Labute approximate surface area is 517 Å². The van der Waals surface area contributed by atoms with Gasteiger partial charge in [-0.3, -0.25) is 14.4 Å². The van der Waals surface area contributed by atoms with Gasteiger partial charge in [0.25, 0.3) is 11.6 Å². The first-order valence-electron chi connectivity index (χ1n) is 28.9. The number of carbonyl (C=O) groups excluding carboxylic acids is 3. The molecule has 0 aliphatic carbocycles. The predicted molar refractivity (Wildman–Crippen MR) is 286 cm³/mol. The molecule has 31 atom stereocenters. The van der Waals surface area contributed by atoms with Crippen molar-refractivity contribution in [3.8, 4) is 0 Å². The molecule has 0 radical (unpaired) electrons. The van der Waals surface area contributed by atoms with Crippen molar-refractivity contribution in [2.24, 2.45) is 0 Å². The molecule has 22 N–H and O–H groups in total. The molecule has 3 amide bonds. The highest BCUT2D eigenvalue weighted by molar-refractivity contribution is 5.77. The number of ether oxygens (including phenoxy) is 12. The number of carboxylic acid groups (broad SMARTS) is 2. The first-order chi connectivity index (χ1) is 42.5. The molecule has 6 aliphatic rings. The van der Waals surface area contributed by atoms with Gasteiger partial charge >= 0.3 is 11.9 Å². The third-order valence-electron chi connectivity index (χ3n) is 15.9. The summed E-state index contributed by atoms with van der Waals surface area (Å²) in [6.07, 6.45) is -57.5. The van der Waals surface area contributed by atoms with E-state index in [0.29, 0.717) is 0 Å². The minimum absolute atomic E-state index is 0.649. The summed E-state index contributed by atoms with van der Waals surface area (Å²) in [4.78, 5) is 64.3. The van der Waals surface area contributed by atoms with Crippen LogP contribution < -0.4 is 16.0 Å². The summed E-state index contributed by atoms with van der Waals surface area (Å²) in [6.45, 7) is 1.00. The summed E-state index contributed by atoms with van der Waals surface area (Å²) in [5, 5.41) is 216. The van der Waals surface area contributed by atoms with Crippen LogP contribution in [0.15, 0.2) is 0 Å². The molecular weight excluding hydrogens is 1240 g/mol. The van der Waals surface area contributed by atoms with Gasteiger partial charge in [0.15, 0.2) is 25.2 Å². The minimum atomic E-state index is -3.32. The van der Waals surface area contributed by atoms with Crippen molar-refractivity contribution in [3.05, 3.63) is 0 Å². The van der Waals surface area contributed by atoms with Crippen LogP contribution in [-0.2, 0) is 80.8 Å². The van der Waals surface area contributed by atoms with E-state index in [1.165, 1.54) is 0 Å². The molecule has 39 nitrogen and oxygen atoms in total. The normalized spacial score (nSPS) is 43.4. The van der Waals surface area contributed by atoms with Crippen molar-refractivity contribution in [2.75, 3.05) is 39.6 Å². The monoisotopic (exact) mass is 1330 g/mol. The van der Waals surface area contributed by atoms with Gasteiger partial charge in [0.1, 0.15) is 116 Å². The van der Waals surface area contributed by atoms with E-state index in [1.54, 1.807) is 20.8 Å². The fourth-order valence-electron chi connectivity index (χ4n) is 11.4. The molecule has 6 saturated heterocycles. The second-order valence-electron chi connectivity index (χ2n) is 24.0. The zero-order valence-corrected chi connectivity index (χ0v) is 50.0. The van der Waals surface area contributed by atoms with Gasteiger partial charge in [-0.2, -0.15) is 0 Å². The molecule has 0 aromatic carbocycles. The number of hydrogen-bond acceptors (Lipinski definition) is 34. The van der Waals surface area contributed by atoms with Crippen LogP contribution in [0.4, 0.5) is 0 Å². The van der Waals surface area contributed by atoms with Crippen molar-refractivity contribution in [1.29, 1.82) is 0 Å². The van der Waals surface area contributed by atoms with Gasteiger partial charge in [-0.15, -0.1) is 0 Å². The van der Waals surface area contributed by atoms with Crippen LogP contribution in [0.1, 0.15) is 60.8 Å². The smallest absolute Gasteiger partial charge is 0.364 e. The summed E-state index contributed by atoms with van der Waals surface area (Å²) in [6, 6.07) is -5.30. The van der Waals surface area contributed by atoms with Gasteiger partial charge in [0, 0.05) is 40.0 Å². The van der Waals surface area contributed by atoms with Gasteiger partial charge in [-0.05, 0) is 20.8 Å². The summed E-state index contributed by atoms with van der Waals surface area (Å²) in [7, 11) is 0. The number of carboxylic acids is 2. The predicted octanol–water partition coefficient (Wildman–Crippen LogP) is -12.4. The van der Waals surface area contributed by atoms with Crippen LogP contribution in [0.2, 0.25) is 0 Å². The maximum Gasteiger partial charge on any atom is 0.364 e. The minimum Gasteiger partial charge on any atom is -0.477 e. The Morgan fingerprint density at radius 2 is 0.967 bits per heavy atom. The first-order valence-corrected chi connectivity index (χ1v) is 28.9. The number of nitrogens with one attached hydrogen (secondary N) is 3. The van der Waals surface area contributed by atoms with Crippen molar-refractivity contribution in [2.45, 2.75) is 256 Å². The van der Waals surface area contributed by atoms with Gasteiger partial charge in [0.05, 0.1) is 81.7 Å². The Balaban J connectivity index is 1.42. The van der Waals surface area contributed by atoms with Crippen LogP contribution in [0.25, 0.3) is 0 Å². The number of hydrogen-bond donors (Lipinski definition) is 22. The molecule has 6 heterocycles. The van der Waals surface area contributed by atoms with E-state index >= 15 is 0 Å². The Hall–Kier alpha value is -3.81. The summed E-state index contributed by atoms with van der Waals surface area (Å²) in [5.74, 6) is -13.2. The van der Waals surface area contributed by atoms with Crippen molar-refractivity contribution in [1.82, 2.24) is 16.0 Å². The highest BCUT2D eigenvalue weighted by Gasteiger charge is 2.62. The van der Waals surface area contributed by atoms with Gasteiger partial charge in [0.2, 0.25) is 17.7 Å². The van der Waals surface area contributed by atoms with E-state index in [4.69, 9.17) is 56.8 Å². The van der Waals surface area contributed by atoms with Crippen LogP contribution in [0.3, 0.4) is 0 Å². The lowest BCUT2D eigenvalue weighted by atomic mass is 9.88. The zero-order valence-electron chi connectivity index (χ0n) is 50.0. The highest BCUT2D eigenvalue weighted by atomic mass is 16.8. The number of aliphatic hydroxyl groups excluding tert-OH is 17. The molecule has 91 heavy (non-hydrogen) atoms. The standard InChI is InChI=1S/C52H87N3O36/c1-16(61)53-28-20(65)8-51(48(76)77,88-23(28)7-19(64)10-56)80-15-27-34(71)40(86-46-38(75)43(33(70)25(13-59)82-46)90-52(49(78)79)9-21(66)29(54-17(2)62)41(89-52)31(68)22(67)11-57)30(55-18(3)63)44(84-27)87-42-32(69)24(12-58)81-45(37(42)74)85-39-26(14-60)83-47(36(73)35(39)72)91-50(4,5)6/h19-47,56-60,64-75H,7-15H2,1-6H3,(H,53,61)(H,54,62)(H,55,63)(H,76,77)(H,78,79)/t19-,20+,21?,22+,23?,24?,25?,26?,27?,28+,29-,30-,31+,32-,33-,34+,35?,36-,37-,38?,39+,40?,41?,42?,43?,44?,45?,46-,47?,51+,52+/m0/s1. The lowest BCUT2D eigenvalue weighted by Crippen LogP contribution is -2.72. The molecular formula is C52H87N3O36. The number of aliphatic carboxylic acids is 2. The SMILES string of the molecule is CC(=O)N[C@@H]1C(OC2[C@H](O)C(O[C@@H]3C(CO)OC(OC(C)(C)C)[C@@H](O)C3O)OC(CO)[C@@H]2O)OC(CO[C@]2(C(=O)O)C[C@@H](O)[C@@H](NC(C)=O)C(C[C@H](O)CO)O2)[C@@H](O)C1O[C@@H]1OC(CO)[C@H](O)C(O[C@@]2(C(=O)O)CC(O)[C@H](NC(C)=O)C([C@H](O)[C@H](O)CO)O2)C1O. The fraction of sp³-hybridized carbons (Fsp3) is 0.904. The van der Waals surface area contributed by atoms with E-state index in [1.807, 2.05) is 0 Å². The van der Waals surface area contributed by atoms with Crippen molar-refractivity contribution < 1.29 is 178 Å². The average molecular weight is 1330 g/mol. The number of amides is 3. The zero-order chi connectivity index (χ0) is 68.1. The molecule has 0 aromatic heterocycles. The van der Waals surface area contributed by atoms with E-state index < -0.39 is 283 Å². The third-order valence-corrected chi connectivity index (χ3v) is 15.9. The average Bonchev–Trinajstić information content (AvgIpc) is 0.774. The number of aliphatic hydroxyl groups is 17. The van der Waals surface area contributed by atoms with Crippen LogP contribution in [0, 0.1) is 0 Å². The van der Waals surface area contributed by atoms with Crippen LogP contribution in [-0.4, -0.2) is 361 Å². The molecule has 0 spiro atoms. The molecule has 6 fully saturated rings.